The van der Waals surface area contributed by atoms with Crippen LogP contribution in [0.25, 0.3) is 0 Å². The topological polar surface area (TPSA) is 137 Å². The van der Waals surface area contributed by atoms with Crippen LogP contribution in [-0.4, -0.2) is 29.4 Å². The van der Waals surface area contributed by atoms with Crippen LogP contribution in [0.2, 0.25) is 0 Å². The number of nitrogens with one attached hydrogen (secondary N) is 1. The van der Waals surface area contributed by atoms with E-state index in [1.807, 2.05) is 24.3 Å². The average molecular weight is 509 g/mol. The number of carbonyl (C=O) groups excluding carboxylic acids is 3. The maximum atomic E-state index is 13.5. The lowest BCUT2D eigenvalue weighted by molar-refractivity contribution is -0.432. The van der Waals surface area contributed by atoms with Crippen LogP contribution in [0.1, 0.15) is 57.2 Å². The Morgan fingerprint density at radius 3 is 2.44 bits per heavy atom. The molecule has 186 valence electrons. The van der Waals surface area contributed by atoms with E-state index in [4.69, 9.17) is 15.7 Å². The molecular weight excluding hydrogens is 484 g/mol. The minimum atomic E-state index is -0.386. The van der Waals surface area contributed by atoms with Gasteiger partial charge in [0.2, 0.25) is 0 Å². The number of anilines is 3. The van der Waals surface area contributed by atoms with E-state index in [1.54, 1.807) is 37.3 Å². The summed E-state index contributed by atoms with van der Waals surface area (Å²) in [5, 5.41) is 15.5. The Labute approximate surface area is 211 Å². The number of benzene rings is 3. The summed E-state index contributed by atoms with van der Waals surface area (Å²) in [7, 11) is 0. The van der Waals surface area contributed by atoms with Gasteiger partial charge in [0.1, 0.15) is 0 Å². The number of fused-ring (bicyclic) bond motifs is 2. The maximum absolute atomic E-state index is 13.5. The third kappa shape index (κ3) is 5.26. The van der Waals surface area contributed by atoms with Gasteiger partial charge in [-0.05, 0) is 36.6 Å². The van der Waals surface area contributed by atoms with Crippen molar-refractivity contribution in [3.8, 4) is 0 Å². The van der Waals surface area contributed by atoms with Gasteiger partial charge in [0.25, 0.3) is 0 Å². The number of nitrogen functional groups attached to an aromatic ring is 1. The molecule has 36 heavy (non-hydrogen) atoms. The van der Waals surface area contributed by atoms with Crippen molar-refractivity contribution < 1.29 is 33.7 Å². The van der Waals surface area contributed by atoms with E-state index in [-0.39, 0.29) is 44.8 Å². The van der Waals surface area contributed by atoms with Crippen molar-refractivity contribution in [2.45, 2.75) is 31.1 Å². The van der Waals surface area contributed by atoms with Gasteiger partial charge in [0.15, 0.2) is 11.6 Å². The molecule has 0 aliphatic heterocycles. The van der Waals surface area contributed by atoms with Gasteiger partial charge in [-0.25, -0.2) is 5.26 Å². The lowest BCUT2D eigenvalue weighted by atomic mass is 9.82. The first-order valence-electron chi connectivity index (χ1n) is 11.3. The number of nitrogens with two attached hydrogens (primary N) is 1. The van der Waals surface area contributed by atoms with E-state index in [2.05, 4.69) is 14.7 Å². The third-order valence-electron chi connectivity index (χ3n) is 5.72. The van der Waals surface area contributed by atoms with E-state index < -0.39 is 0 Å². The zero-order chi connectivity index (χ0) is 25.7. The molecule has 0 spiro atoms. The molecule has 0 saturated heterocycles. The standard InChI is InChI=1S/C26H24N2O7S/c1-2-21(29)33-12-6-8-15-7-5-9-16(13-15)28-19-14-20(36-35-34-32)24(27)23-22(19)25(30)17-10-3-4-11-18(17)26(23)31/h3-5,7,9-11,13-14,28,32H,2,6,8,12,27H2,1H3. The average Bonchev–Trinajstić information content (AvgIpc) is 2.89. The maximum Gasteiger partial charge on any atom is 0.305 e. The summed E-state index contributed by atoms with van der Waals surface area (Å²) < 4.78 is 9.69. The first kappa shape index (κ1) is 25.4. The molecule has 3 aromatic carbocycles. The highest BCUT2D eigenvalue weighted by Crippen LogP contribution is 2.42. The van der Waals surface area contributed by atoms with Gasteiger partial charge < -0.3 is 15.8 Å². The van der Waals surface area contributed by atoms with Crippen molar-refractivity contribution in [2.24, 2.45) is 0 Å². The van der Waals surface area contributed by atoms with Gasteiger partial charge in [0, 0.05) is 23.2 Å². The molecule has 0 atom stereocenters. The second-order valence-corrected chi connectivity index (χ2v) is 8.76. The number of hydrogen-bond acceptors (Lipinski definition) is 10. The minimum absolute atomic E-state index is 0.0424. The van der Waals surface area contributed by atoms with Crippen molar-refractivity contribution in [2.75, 3.05) is 17.7 Å². The van der Waals surface area contributed by atoms with Gasteiger partial charge in [-0.15, -0.1) is 4.33 Å². The molecule has 10 heteroatoms. The van der Waals surface area contributed by atoms with Gasteiger partial charge in [-0.2, -0.15) is 0 Å². The quantitative estimate of drug-likeness (QED) is 0.0662. The molecule has 4 N–H and O–H groups in total. The van der Waals surface area contributed by atoms with Gasteiger partial charge in [0.05, 0.1) is 46.0 Å². The molecule has 1 aliphatic carbocycles. The van der Waals surface area contributed by atoms with Gasteiger partial charge >= 0.3 is 5.97 Å². The highest BCUT2D eigenvalue weighted by atomic mass is 32.2. The fourth-order valence-electron chi connectivity index (χ4n) is 4.04. The third-order valence-corrected chi connectivity index (χ3v) is 6.37. The van der Waals surface area contributed by atoms with Crippen molar-refractivity contribution in [1.82, 2.24) is 0 Å². The molecule has 3 aromatic rings. The van der Waals surface area contributed by atoms with E-state index in [9.17, 15) is 14.4 Å². The van der Waals surface area contributed by atoms with Crippen LogP contribution in [0.3, 0.4) is 0 Å². The summed E-state index contributed by atoms with van der Waals surface area (Å²) in [4.78, 5) is 38.4. The number of rotatable bonds is 10. The predicted octanol–water partition coefficient (Wildman–Crippen LogP) is 5.10. The molecule has 4 rings (SSSR count). The Morgan fingerprint density at radius 1 is 1.03 bits per heavy atom. The molecule has 0 amide bonds. The number of esters is 1. The zero-order valence-corrected chi connectivity index (χ0v) is 20.2. The van der Waals surface area contributed by atoms with Crippen molar-refractivity contribution in [1.29, 1.82) is 0 Å². The van der Waals surface area contributed by atoms with Gasteiger partial charge in [-0.1, -0.05) is 48.4 Å². The Balaban J connectivity index is 1.67. The summed E-state index contributed by atoms with van der Waals surface area (Å²) in [6.07, 6.45) is 1.68. The second-order valence-electron chi connectivity index (χ2n) is 8.02. The number of hydrogen-bond donors (Lipinski definition) is 3. The molecule has 0 saturated carbocycles. The summed E-state index contributed by atoms with van der Waals surface area (Å²) >= 11 is 0.608. The molecule has 0 bridgehead atoms. The van der Waals surface area contributed by atoms with Crippen molar-refractivity contribution in [3.05, 3.63) is 82.4 Å². The minimum Gasteiger partial charge on any atom is -0.466 e. The Morgan fingerprint density at radius 2 is 1.75 bits per heavy atom. The predicted molar refractivity (Wildman–Crippen MR) is 134 cm³/mol. The largest absolute Gasteiger partial charge is 0.466 e. The second kappa shape index (κ2) is 11.4. The van der Waals surface area contributed by atoms with Crippen LogP contribution in [0, 0.1) is 0 Å². The van der Waals surface area contributed by atoms with Crippen LogP contribution in [0.4, 0.5) is 17.1 Å². The first-order chi connectivity index (χ1) is 17.4. The summed E-state index contributed by atoms with van der Waals surface area (Å²) in [5.74, 6) is -0.953. The molecule has 9 nitrogen and oxygen atoms in total. The summed E-state index contributed by atoms with van der Waals surface area (Å²) in [6, 6.07) is 15.7. The van der Waals surface area contributed by atoms with Crippen LogP contribution in [0.15, 0.2) is 59.5 Å². The summed E-state index contributed by atoms with van der Waals surface area (Å²) in [6.45, 7) is 2.08. The van der Waals surface area contributed by atoms with E-state index in [1.165, 1.54) is 0 Å². The highest BCUT2D eigenvalue weighted by molar-refractivity contribution is 7.94. The number of ether oxygens (including phenoxy) is 1. The van der Waals surface area contributed by atoms with Gasteiger partial charge in [-0.3, -0.25) is 14.4 Å². The van der Waals surface area contributed by atoms with E-state index in [0.29, 0.717) is 54.9 Å². The smallest absolute Gasteiger partial charge is 0.305 e. The SMILES string of the molecule is CCC(=O)OCCCc1cccc(Nc2cc(SOOO)c(N)c3c2C(=O)c2ccccc2C3=O)c1. The van der Waals surface area contributed by atoms with Crippen molar-refractivity contribution in [3.63, 3.8) is 0 Å². The molecule has 0 radical (unpaired) electrons. The molecule has 0 unspecified atom stereocenters. The zero-order valence-electron chi connectivity index (χ0n) is 19.4. The number of ketones is 2. The fourth-order valence-corrected chi connectivity index (χ4v) is 4.50. The van der Waals surface area contributed by atoms with Crippen LogP contribution >= 0.6 is 12.0 Å². The fraction of sp³-hybridized carbons (Fsp3) is 0.192. The molecule has 1 aliphatic rings. The van der Waals surface area contributed by atoms with Crippen LogP contribution < -0.4 is 11.1 Å². The number of aryl methyl sites for hydroxylation is 1. The Kier molecular flexibility index (Phi) is 8.01. The molecule has 0 heterocycles. The lowest BCUT2D eigenvalue weighted by Gasteiger charge is -2.23. The highest BCUT2D eigenvalue weighted by Gasteiger charge is 2.35. The molecular formula is C26H24N2O7S. The van der Waals surface area contributed by atoms with E-state index >= 15 is 0 Å². The Hall–Kier alpha value is -3.70. The number of carbonyl (C=O) groups is 3. The molecule has 0 aromatic heterocycles. The molecule has 0 fully saturated rings. The lowest BCUT2D eigenvalue weighted by Crippen LogP contribution is -2.24. The Bertz CT molecular complexity index is 1330. The van der Waals surface area contributed by atoms with Crippen LogP contribution in [0.5, 0.6) is 0 Å². The summed E-state index contributed by atoms with van der Waals surface area (Å²) in [5.41, 5.74) is 9.11. The first-order valence-corrected chi connectivity index (χ1v) is 12.0. The van der Waals surface area contributed by atoms with Crippen LogP contribution in [-0.2, 0) is 25.3 Å². The normalized spacial score (nSPS) is 12.2. The van der Waals surface area contributed by atoms with E-state index in [0.717, 1.165) is 5.56 Å². The monoisotopic (exact) mass is 508 g/mol. The van der Waals surface area contributed by atoms with Crippen molar-refractivity contribution >= 4 is 46.6 Å².